The Morgan fingerprint density at radius 3 is 2.54 bits per heavy atom. The van der Waals surface area contributed by atoms with E-state index in [2.05, 4.69) is 5.32 Å². The zero-order valence-electron chi connectivity index (χ0n) is 14.0. The van der Waals surface area contributed by atoms with Crippen LogP contribution in [0.15, 0.2) is 36.4 Å². The molecule has 1 saturated carbocycles. The summed E-state index contributed by atoms with van der Waals surface area (Å²) in [7, 11) is 1.36. The predicted octanol–water partition coefficient (Wildman–Crippen LogP) is 3.09. The lowest BCUT2D eigenvalue weighted by Crippen LogP contribution is -2.25. The van der Waals surface area contributed by atoms with Crippen LogP contribution in [-0.4, -0.2) is 24.1 Å². The van der Waals surface area contributed by atoms with Crippen LogP contribution in [0.4, 0.5) is 8.78 Å². The van der Waals surface area contributed by atoms with Gasteiger partial charge >= 0.3 is 5.97 Å². The molecule has 0 radical (unpaired) electrons. The molecule has 0 aliphatic heterocycles. The van der Waals surface area contributed by atoms with Gasteiger partial charge in [-0.2, -0.15) is 0 Å². The summed E-state index contributed by atoms with van der Waals surface area (Å²) >= 11 is 0. The summed E-state index contributed by atoms with van der Waals surface area (Å²) < 4.78 is 32.6. The third-order valence-electron chi connectivity index (χ3n) is 4.46. The maximum atomic E-state index is 13.8. The number of hydrogen-bond donors (Lipinski definition) is 2. The van der Waals surface area contributed by atoms with Crippen molar-refractivity contribution in [1.29, 1.82) is 0 Å². The molecule has 0 heterocycles. The van der Waals surface area contributed by atoms with Gasteiger partial charge in [-0.15, -0.1) is 0 Å². The number of amides is 1. The van der Waals surface area contributed by atoms with E-state index in [1.54, 1.807) is 6.07 Å². The summed E-state index contributed by atoms with van der Waals surface area (Å²) in [6.45, 7) is 0.165. The van der Waals surface area contributed by atoms with Gasteiger partial charge in [-0.05, 0) is 36.2 Å². The zero-order valence-corrected chi connectivity index (χ0v) is 14.0. The number of carboxylic acids is 1. The first-order valence-electron chi connectivity index (χ1n) is 8.04. The molecule has 7 heteroatoms. The number of nitrogens with one attached hydrogen (secondary N) is 1. The molecule has 0 unspecified atom stereocenters. The Bertz CT molecular complexity index is 848. The van der Waals surface area contributed by atoms with Crippen molar-refractivity contribution in [3.05, 3.63) is 64.7 Å². The summed E-state index contributed by atoms with van der Waals surface area (Å²) in [5, 5.41) is 11.8. The number of ether oxygens (including phenoxy) is 1. The average molecular weight is 361 g/mol. The molecule has 3 rings (SSSR count). The second-order valence-corrected chi connectivity index (χ2v) is 6.14. The van der Waals surface area contributed by atoms with Gasteiger partial charge in [0.15, 0.2) is 0 Å². The van der Waals surface area contributed by atoms with Gasteiger partial charge in [0.2, 0.25) is 5.91 Å². The Labute approximate surface area is 148 Å². The van der Waals surface area contributed by atoms with Gasteiger partial charge in [0.05, 0.1) is 7.11 Å². The molecule has 2 atom stereocenters. The van der Waals surface area contributed by atoms with Crippen LogP contribution in [0.3, 0.4) is 0 Å². The Morgan fingerprint density at radius 1 is 1.23 bits per heavy atom. The summed E-state index contributed by atoms with van der Waals surface area (Å²) in [5.74, 6) is -3.41. The summed E-state index contributed by atoms with van der Waals surface area (Å²) in [6, 6.07) is 8.17. The number of carbonyl (C=O) groups is 2. The topological polar surface area (TPSA) is 75.6 Å². The van der Waals surface area contributed by atoms with E-state index in [1.807, 2.05) is 0 Å². The van der Waals surface area contributed by atoms with Crippen molar-refractivity contribution >= 4 is 11.9 Å². The molecule has 5 nitrogen and oxygen atoms in total. The largest absolute Gasteiger partial charge is 0.496 e. The molecule has 0 spiro atoms. The molecular formula is C19H17F2NO4. The Balaban J connectivity index is 1.63. The van der Waals surface area contributed by atoms with Crippen molar-refractivity contribution in [2.45, 2.75) is 18.9 Å². The number of carboxylic acid groups (broad SMARTS) is 1. The molecule has 136 valence electrons. The van der Waals surface area contributed by atoms with E-state index in [9.17, 15) is 18.4 Å². The Morgan fingerprint density at radius 2 is 1.92 bits per heavy atom. The van der Waals surface area contributed by atoms with Crippen LogP contribution in [0.2, 0.25) is 0 Å². The molecule has 2 aromatic rings. The van der Waals surface area contributed by atoms with Gasteiger partial charge in [0.1, 0.15) is 22.9 Å². The van der Waals surface area contributed by atoms with E-state index in [-0.39, 0.29) is 29.3 Å². The van der Waals surface area contributed by atoms with E-state index < -0.39 is 29.4 Å². The molecule has 1 aliphatic rings. The maximum Gasteiger partial charge on any atom is 0.339 e. The second-order valence-electron chi connectivity index (χ2n) is 6.14. The fraction of sp³-hybridized carbons (Fsp3) is 0.263. The van der Waals surface area contributed by atoms with Crippen LogP contribution in [0.25, 0.3) is 0 Å². The average Bonchev–Trinajstić information content (AvgIpc) is 3.39. The summed E-state index contributed by atoms with van der Waals surface area (Å²) in [5.41, 5.74) is 0.648. The van der Waals surface area contributed by atoms with Gasteiger partial charge in [0.25, 0.3) is 0 Å². The third-order valence-corrected chi connectivity index (χ3v) is 4.46. The second kappa shape index (κ2) is 7.11. The van der Waals surface area contributed by atoms with Gasteiger partial charge in [-0.1, -0.05) is 12.1 Å². The monoisotopic (exact) mass is 361 g/mol. The van der Waals surface area contributed by atoms with E-state index in [1.165, 1.54) is 37.4 Å². The van der Waals surface area contributed by atoms with Crippen LogP contribution < -0.4 is 10.1 Å². The summed E-state index contributed by atoms with van der Waals surface area (Å²) in [6.07, 6.45) is 0.394. The first kappa shape index (κ1) is 17.8. The van der Waals surface area contributed by atoms with Crippen LogP contribution in [0.1, 0.15) is 33.8 Å². The highest BCUT2D eigenvalue weighted by atomic mass is 19.1. The van der Waals surface area contributed by atoms with Crippen LogP contribution in [-0.2, 0) is 11.3 Å². The Hall–Kier alpha value is -2.96. The number of benzene rings is 2. The molecule has 0 bridgehead atoms. The highest BCUT2D eigenvalue weighted by Gasteiger charge is 2.46. The molecular weight excluding hydrogens is 344 g/mol. The fourth-order valence-corrected chi connectivity index (χ4v) is 3.01. The number of hydrogen-bond acceptors (Lipinski definition) is 3. The molecule has 26 heavy (non-hydrogen) atoms. The molecule has 0 aromatic heterocycles. The standard InChI is InChI=1S/C19H17F2NO4/c1-26-16-7-10(5-6-11(16)19(24)25)9-22-18(23)13-8-12(13)17-14(20)3-2-4-15(17)21/h2-7,12-13H,8-9H2,1H3,(H,22,23)(H,24,25)/t12-,13-/m1/s1. The van der Waals surface area contributed by atoms with Crippen molar-refractivity contribution in [1.82, 2.24) is 5.32 Å². The van der Waals surface area contributed by atoms with Crippen LogP contribution >= 0.6 is 0 Å². The quantitative estimate of drug-likeness (QED) is 0.829. The fourth-order valence-electron chi connectivity index (χ4n) is 3.01. The van der Waals surface area contributed by atoms with Crippen LogP contribution in [0.5, 0.6) is 5.75 Å². The first-order chi connectivity index (χ1) is 12.4. The van der Waals surface area contributed by atoms with Gasteiger partial charge in [-0.3, -0.25) is 4.79 Å². The van der Waals surface area contributed by atoms with E-state index >= 15 is 0 Å². The molecule has 1 aliphatic carbocycles. The highest BCUT2D eigenvalue weighted by molar-refractivity contribution is 5.91. The highest BCUT2D eigenvalue weighted by Crippen LogP contribution is 2.49. The Kier molecular flexibility index (Phi) is 4.88. The van der Waals surface area contributed by atoms with Crippen molar-refractivity contribution < 1.29 is 28.2 Å². The lowest BCUT2D eigenvalue weighted by molar-refractivity contribution is -0.122. The van der Waals surface area contributed by atoms with Gasteiger partial charge in [-0.25, -0.2) is 13.6 Å². The van der Waals surface area contributed by atoms with Crippen molar-refractivity contribution in [2.75, 3.05) is 7.11 Å². The van der Waals surface area contributed by atoms with Gasteiger partial charge < -0.3 is 15.2 Å². The minimum Gasteiger partial charge on any atom is -0.496 e. The van der Waals surface area contributed by atoms with Gasteiger partial charge in [0, 0.05) is 23.9 Å². The van der Waals surface area contributed by atoms with E-state index in [0.717, 1.165) is 0 Å². The third kappa shape index (κ3) is 3.51. The zero-order chi connectivity index (χ0) is 18.8. The van der Waals surface area contributed by atoms with Crippen molar-refractivity contribution in [3.8, 4) is 5.75 Å². The number of carbonyl (C=O) groups excluding carboxylic acids is 1. The van der Waals surface area contributed by atoms with E-state index in [0.29, 0.717) is 12.0 Å². The molecule has 1 fully saturated rings. The molecule has 1 amide bonds. The molecule has 2 aromatic carbocycles. The molecule has 2 N–H and O–H groups in total. The maximum absolute atomic E-state index is 13.8. The number of rotatable bonds is 6. The SMILES string of the molecule is COc1cc(CNC(=O)[C@@H]2C[C@H]2c2c(F)cccc2F)ccc1C(=O)O. The normalized spacial score (nSPS) is 18.3. The van der Waals surface area contributed by atoms with E-state index in [4.69, 9.17) is 9.84 Å². The summed E-state index contributed by atoms with van der Waals surface area (Å²) in [4.78, 5) is 23.3. The smallest absolute Gasteiger partial charge is 0.339 e. The van der Waals surface area contributed by atoms with Crippen molar-refractivity contribution in [3.63, 3.8) is 0 Å². The number of halogens is 2. The minimum atomic E-state index is -1.11. The first-order valence-corrected chi connectivity index (χ1v) is 8.04. The lowest BCUT2D eigenvalue weighted by atomic mass is 10.1. The number of aromatic carboxylic acids is 1. The predicted molar refractivity (Wildman–Crippen MR) is 89.0 cm³/mol. The van der Waals surface area contributed by atoms with Crippen molar-refractivity contribution in [2.24, 2.45) is 5.92 Å². The minimum absolute atomic E-state index is 0.0276. The van der Waals surface area contributed by atoms with Crippen LogP contribution in [0, 0.1) is 17.6 Å². The lowest BCUT2D eigenvalue weighted by Gasteiger charge is -2.09. The number of methoxy groups -OCH3 is 1. The molecule has 0 saturated heterocycles.